The molecule has 1 atom stereocenters. The van der Waals surface area contributed by atoms with E-state index in [0.29, 0.717) is 0 Å². The Labute approximate surface area is 104 Å². The van der Waals surface area contributed by atoms with Crippen LogP contribution in [0.2, 0.25) is 0 Å². The molecular weight excluding hydrogens is 286 g/mol. The summed E-state index contributed by atoms with van der Waals surface area (Å²) in [7, 11) is -10.8. The van der Waals surface area contributed by atoms with Crippen molar-refractivity contribution in [2.45, 2.75) is 18.4 Å². The molecule has 0 amide bonds. The number of aliphatic hydroxyl groups is 1. The average Bonchev–Trinajstić information content (AvgIpc) is 2.14. The van der Waals surface area contributed by atoms with Crippen molar-refractivity contribution in [1.82, 2.24) is 0 Å². The highest BCUT2D eigenvalue weighted by atomic mass is 31.2. The average molecular weight is 304 g/mol. The Morgan fingerprint density at radius 2 is 1.72 bits per heavy atom. The molecule has 0 aliphatic heterocycles. The van der Waals surface area contributed by atoms with Gasteiger partial charge in [0.2, 0.25) is 0 Å². The summed E-state index contributed by atoms with van der Waals surface area (Å²) in [5.41, 5.74) is 5.13. The van der Waals surface area contributed by atoms with Crippen LogP contribution in [0.25, 0.3) is 0 Å². The normalized spacial score (nSPS) is 16.2. The molecule has 11 heteroatoms. The lowest BCUT2D eigenvalue weighted by Gasteiger charge is -2.31. The van der Waals surface area contributed by atoms with Crippen LogP contribution in [0.1, 0.15) is 13.3 Å². The molecule has 9 nitrogen and oxygen atoms in total. The Morgan fingerprint density at radius 3 is 2.06 bits per heavy atom. The molecule has 0 saturated heterocycles. The van der Waals surface area contributed by atoms with Crippen LogP contribution in [-0.2, 0) is 9.13 Å². The van der Waals surface area contributed by atoms with Crippen LogP contribution in [-0.4, -0.2) is 49.1 Å². The van der Waals surface area contributed by atoms with Crippen molar-refractivity contribution in [2.24, 2.45) is 16.6 Å². The highest BCUT2D eigenvalue weighted by molar-refractivity contribution is 7.72. The number of hydrogen-bond acceptors (Lipinski definition) is 5. The molecule has 0 aromatic carbocycles. The lowest BCUT2D eigenvalue weighted by molar-refractivity contribution is 0.110. The predicted molar refractivity (Wildman–Crippen MR) is 65.2 cm³/mol. The SMILES string of the molecule is CC(CN=CCN)CC(O)(P(=O)(O)O)P(=O)(O)O. The van der Waals surface area contributed by atoms with Crippen LogP contribution >= 0.6 is 15.2 Å². The van der Waals surface area contributed by atoms with E-state index < -0.39 is 32.6 Å². The Hall–Kier alpha value is -0.110. The summed E-state index contributed by atoms with van der Waals surface area (Å²) in [5.74, 6) is -0.641. The second-order valence-corrected chi connectivity index (χ2v) is 7.96. The Morgan fingerprint density at radius 1 is 1.28 bits per heavy atom. The first-order valence-electron chi connectivity index (χ1n) is 4.97. The van der Waals surface area contributed by atoms with Gasteiger partial charge in [-0.1, -0.05) is 6.92 Å². The van der Waals surface area contributed by atoms with Gasteiger partial charge in [-0.2, -0.15) is 0 Å². The lowest BCUT2D eigenvalue weighted by atomic mass is 10.1. The van der Waals surface area contributed by atoms with Gasteiger partial charge in [0.15, 0.2) is 0 Å². The topological polar surface area (TPSA) is 174 Å². The van der Waals surface area contributed by atoms with Gasteiger partial charge in [0.25, 0.3) is 5.08 Å². The van der Waals surface area contributed by atoms with Gasteiger partial charge in [0, 0.05) is 25.7 Å². The molecule has 0 saturated carbocycles. The molecule has 0 fully saturated rings. The van der Waals surface area contributed by atoms with Gasteiger partial charge in [-0.3, -0.25) is 14.1 Å². The summed E-state index contributed by atoms with van der Waals surface area (Å²) in [6.07, 6.45) is 0.577. The fourth-order valence-corrected chi connectivity index (χ4v) is 3.73. The zero-order valence-corrected chi connectivity index (χ0v) is 11.5. The second-order valence-electron chi connectivity index (χ2n) is 3.96. The van der Waals surface area contributed by atoms with Crippen molar-refractivity contribution in [2.75, 3.05) is 13.1 Å². The molecule has 0 rings (SSSR count). The molecule has 7 N–H and O–H groups in total. The number of hydrogen-bond donors (Lipinski definition) is 6. The van der Waals surface area contributed by atoms with Crippen molar-refractivity contribution in [3.8, 4) is 0 Å². The molecule has 0 aliphatic carbocycles. The van der Waals surface area contributed by atoms with Crippen molar-refractivity contribution in [1.29, 1.82) is 0 Å². The van der Waals surface area contributed by atoms with Gasteiger partial charge >= 0.3 is 15.2 Å². The van der Waals surface area contributed by atoms with E-state index in [4.69, 9.17) is 25.3 Å². The minimum absolute atomic E-state index is 0.0412. The third kappa shape index (κ3) is 4.53. The maximum Gasteiger partial charge on any atom is 0.369 e. The van der Waals surface area contributed by atoms with E-state index in [9.17, 15) is 14.2 Å². The Bertz CT molecular complexity index is 365. The van der Waals surface area contributed by atoms with Crippen molar-refractivity contribution in [3.05, 3.63) is 0 Å². The predicted octanol–water partition coefficient (Wildman–Crippen LogP) is -0.956. The second kappa shape index (κ2) is 6.36. The first-order chi connectivity index (χ1) is 7.95. The minimum atomic E-state index is -5.39. The molecule has 108 valence electrons. The van der Waals surface area contributed by atoms with Gasteiger partial charge in [-0.25, -0.2) is 0 Å². The summed E-state index contributed by atoms with van der Waals surface area (Å²) < 4.78 is 22.1. The van der Waals surface area contributed by atoms with E-state index >= 15 is 0 Å². The molecule has 0 heterocycles. The summed E-state index contributed by atoms with van der Waals surface area (Å²) in [6, 6.07) is 0. The Balaban J connectivity index is 5.01. The molecule has 0 radical (unpaired) electrons. The van der Waals surface area contributed by atoms with Gasteiger partial charge in [-0.05, 0) is 5.92 Å². The molecular formula is C7H18N2O7P2. The third-order valence-electron chi connectivity index (χ3n) is 2.21. The largest absolute Gasteiger partial charge is 0.369 e. The number of nitrogens with two attached hydrogens (primary N) is 1. The lowest BCUT2D eigenvalue weighted by Crippen LogP contribution is -2.31. The first kappa shape index (κ1) is 17.9. The maximum absolute atomic E-state index is 11.1. The van der Waals surface area contributed by atoms with Crippen molar-refractivity contribution >= 4 is 21.4 Å². The van der Waals surface area contributed by atoms with E-state index in [-0.39, 0.29) is 13.1 Å². The highest BCUT2D eigenvalue weighted by Gasteiger charge is 2.59. The zero-order valence-electron chi connectivity index (χ0n) is 9.75. The molecule has 0 bridgehead atoms. The minimum Gasteiger partial charge on any atom is -0.368 e. The molecule has 0 aromatic rings. The van der Waals surface area contributed by atoms with Crippen LogP contribution in [0.15, 0.2) is 4.99 Å². The van der Waals surface area contributed by atoms with E-state index in [1.807, 2.05) is 0 Å². The quantitative estimate of drug-likeness (QED) is 0.257. The fraction of sp³-hybridized carbons (Fsp3) is 0.857. The molecule has 0 aliphatic rings. The summed E-state index contributed by atoms with van der Waals surface area (Å²) in [5, 5.41) is 6.23. The third-order valence-corrected chi connectivity index (χ3v) is 6.00. The Kier molecular flexibility index (Phi) is 6.32. The van der Waals surface area contributed by atoms with E-state index in [1.165, 1.54) is 13.1 Å². The van der Waals surface area contributed by atoms with E-state index in [1.54, 1.807) is 0 Å². The van der Waals surface area contributed by atoms with Crippen LogP contribution in [0.4, 0.5) is 0 Å². The monoisotopic (exact) mass is 304 g/mol. The van der Waals surface area contributed by atoms with Crippen LogP contribution in [0, 0.1) is 5.92 Å². The first-order valence-corrected chi connectivity index (χ1v) is 8.20. The van der Waals surface area contributed by atoms with Crippen LogP contribution in [0.5, 0.6) is 0 Å². The van der Waals surface area contributed by atoms with Crippen molar-refractivity contribution < 1.29 is 33.8 Å². The number of aliphatic imine (C=N–C) groups is 1. The molecule has 0 spiro atoms. The zero-order chi connectivity index (χ0) is 14.6. The van der Waals surface area contributed by atoms with Gasteiger partial charge < -0.3 is 30.4 Å². The van der Waals surface area contributed by atoms with E-state index in [0.717, 1.165) is 0 Å². The number of nitrogens with zero attached hydrogens (tertiary/aromatic N) is 1. The standard InChI is InChI=1S/C7H18N2O7P2/c1-6(5-9-3-2-8)4-7(10,17(11,12)13)18(14,15)16/h3,6,10H,2,4-5,8H2,1H3,(H2,11,12,13)(H2,14,15,16). The summed E-state index contributed by atoms with van der Waals surface area (Å²) in [4.78, 5) is 39.4. The molecule has 1 unspecified atom stereocenters. The molecule has 18 heavy (non-hydrogen) atoms. The summed E-state index contributed by atoms with van der Waals surface area (Å²) >= 11 is 0. The van der Waals surface area contributed by atoms with Gasteiger partial charge in [0.05, 0.1) is 0 Å². The summed E-state index contributed by atoms with van der Waals surface area (Å²) in [6.45, 7) is 1.66. The van der Waals surface area contributed by atoms with Crippen molar-refractivity contribution in [3.63, 3.8) is 0 Å². The molecule has 0 aromatic heterocycles. The van der Waals surface area contributed by atoms with Crippen LogP contribution < -0.4 is 5.73 Å². The highest BCUT2D eigenvalue weighted by Crippen LogP contribution is 2.69. The van der Waals surface area contributed by atoms with E-state index in [2.05, 4.69) is 4.99 Å². The maximum atomic E-state index is 11.1. The van der Waals surface area contributed by atoms with Gasteiger partial charge in [-0.15, -0.1) is 0 Å². The number of rotatable bonds is 7. The smallest absolute Gasteiger partial charge is 0.368 e. The fourth-order valence-electron chi connectivity index (χ4n) is 1.27. The van der Waals surface area contributed by atoms with Gasteiger partial charge in [0.1, 0.15) is 0 Å². The van der Waals surface area contributed by atoms with Crippen LogP contribution in [0.3, 0.4) is 0 Å².